The molecule has 1 unspecified atom stereocenters. The first-order valence-electron chi connectivity index (χ1n) is 6.54. The van der Waals surface area contributed by atoms with Crippen molar-refractivity contribution >= 4 is 10.8 Å². The van der Waals surface area contributed by atoms with Crippen LogP contribution in [0.4, 0.5) is 0 Å². The molecule has 0 bridgehead atoms. The van der Waals surface area contributed by atoms with Crippen molar-refractivity contribution in [2.75, 3.05) is 6.54 Å². The van der Waals surface area contributed by atoms with Crippen LogP contribution in [0.15, 0.2) is 42.5 Å². The lowest BCUT2D eigenvalue weighted by Crippen LogP contribution is -2.12. The van der Waals surface area contributed by atoms with E-state index in [9.17, 15) is 0 Å². The van der Waals surface area contributed by atoms with Gasteiger partial charge in [0.05, 0.1) is 0 Å². The SMILES string of the molecule is CCCCC(CN)c1cccc2ccccc12. The van der Waals surface area contributed by atoms with Gasteiger partial charge in [-0.05, 0) is 35.2 Å². The van der Waals surface area contributed by atoms with Crippen molar-refractivity contribution in [1.82, 2.24) is 0 Å². The average molecular weight is 227 g/mol. The molecule has 0 aliphatic carbocycles. The second kappa shape index (κ2) is 5.83. The summed E-state index contributed by atoms with van der Waals surface area (Å²) >= 11 is 0. The first-order chi connectivity index (χ1) is 8.36. The summed E-state index contributed by atoms with van der Waals surface area (Å²) in [7, 11) is 0. The van der Waals surface area contributed by atoms with Crippen LogP contribution < -0.4 is 5.73 Å². The Morgan fingerprint density at radius 3 is 2.59 bits per heavy atom. The maximum Gasteiger partial charge on any atom is -0.000801 e. The smallest absolute Gasteiger partial charge is 0.000801 e. The molecular formula is C16H21N. The Morgan fingerprint density at radius 1 is 1.06 bits per heavy atom. The summed E-state index contributed by atoms with van der Waals surface area (Å²) < 4.78 is 0. The number of unbranched alkanes of at least 4 members (excludes halogenated alkanes) is 1. The highest BCUT2D eigenvalue weighted by Gasteiger charge is 2.11. The normalized spacial score (nSPS) is 12.8. The van der Waals surface area contributed by atoms with Crippen molar-refractivity contribution in [2.24, 2.45) is 5.73 Å². The molecule has 0 spiro atoms. The standard InChI is InChI=1S/C16H21N/c1-2-3-7-14(12-17)16-11-6-9-13-8-4-5-10-15(13)16/h4-6,8-11,14H,2-3,7,12,17H2,1H3. The zero-order valence-electron chi connectivity index (χ0n) is 10.5. The number of hydrogen-bond acceptors (Lipinski definition) is 1. The number of nitrogens with two attached hydrogens (primary N) is 1. The summed E-state index contributed by atoms with van der Waals surface area (Å²) in [5.74, 6) is 0.501. The number of hydrogen-bond donors (Lipinski definition) is 1. The summed E-state index contributed by atoms with van der Waals surface area (Å²) in [6.45, 7) is 2.98. The van der Waals surface area contributed by atoms with Crippen molar-refractivity contribution in [2.45, 2.75) is 32.1 Å². The van der Waals surface area contributed by atoms with Crippen LogP contribution in [-0.4, -0.2) is 6.54 Å². The first kappa shape index (κ1) is 12.1. The molecule has 1 nitrogen and oxygen atoms in total. The van der Waals surface area contributed by atoms with Crippen LogP contribution in [0.25, 0.3) is 10.8 Å². The Morgan fingerprint density at radius 2 is 1.82 bits per heavy atom. The zero-order chi connectivity index (χ0) is 12.1. The van der Waals surface area contributed by atoms with Crippen molar-refractivity contribution in [3.05, 3.63) is 48.0 Å². The molecular weight excluding hydrogens is 206 g/mol. The summed E-state index contributed by atoms with van der Waals surface area (Å²) in [5.41, 5.74) is 7.35. The Hall–Kier alpha value is -1.34. The number of rotatable bonds is 5. The Balaban J connectivity index is 2.38. The van der Waals surface area contributed by atoms with Crippen molar-refractivity contribution < 1.29 is 0 Å². The lowest BCUT2D eigenvalue weighted by molar-refractivity contribution is 0.595. The van der Waals surface area contributed by atoms with Gasteiger partial charge >= 0.3 is 0 Å². The summed E-state index contributed by atoms with van der Waals surface area (Å²) in [6, 6.07) is 15.1. The Kier molecular flexibility index (Phi) is 4.16. The van der Waals surface area contributed by atoms with Gasteiger partial charge in [-0.3, -0.25) is 0 Å². The summed E-state index contributed by atoms with van der Waals surface area (Å²) in [4.78, 5) is 0. The van der Waals surface area contributed by atoms with E-state index in [-0.39, 0.29) is 0 Å². The fourth-order valence-corrected chi connectivity index (χ4v) is 2.46. The molecule has 0 saturated heterocycles. The van der Waals surface area contributed by atoms with Crippen LogP contribution in [0.2, 0.25) is 0 Å². The summed E-state index contributed by atoms with van der Waals surface area (Å²) in [5, 5.41) is 2.68. The molecule has 0 amide bonds. The third kappa shape index (κ3) is 2.67. The van der Waals surface area contributed by atoms with Gasteiger partial charge in [0.25, 0.3) is 0 Å². The van der Waals surface area contributed by atoms with Crippen LogP contribution in [-0.2, 0) is 0 Å². The monoisotopic (exact) mass is 227 g/mol. The van der Waals surface area contributed by atoms with Crippen molar-refractivity contribution in [3.8, 4) is 0 Å². The number of fused-ring (bicyclic) bond motifs is 1. The highest BCUT2D eigenvalue weighted by molar-refractivity contribution is 5.86. The topological polar surface area (TPSA) is 26.0 Å². The highest BCUT2D eigenvalue weighted by Crippen LogP contribution is 2.28. The second-order valence-electron chi connectivity index (χ2n) is 4.64. The molecule has 2 rings (SSSR count). The lowest BCUT2D eigenvalue weighted by Gasteiger charge is -2.17. The fourth-order valence-electron chi connectivity index (χ4n) is 2.46. The van der Waals surface area contributed by atoms with Crippen LogP contribution in [0.3, 0.4) is 0 Å². The molecule has 0 aromatic heterocycles. The van der Waals surface area contributed by atoms with E-state index in [1.54, 1.807) is 0 Å². The van der Waals surface area contributed by atoms with E-state index in [0.717, 1.165) is 6.54 Å². The maximum atomic E-state index is 5.94. The lowest BCUT2D eigenvalue weighted by atomic mass is 9.90. The molecule has 0 aliphatic heterocycles. The zero-order valence-corrected chi connectivity index (χ0v) is 10.5. The van der Waals surface area contributed by atoms with E-state index >= 15 is 0 Å². The largest absolute Gasteiger partial charge is 0.330 e. The molecule has 0 fully saturated rings. The molecule has 1 heteroatoms. The Bertz CT molecular complexity index is 470. The van der Waals surface area contributed by atoms with E-state index in [2.05, 4.69) is 49.4 Å². The van der Waals surface area contributed by atoms with E-state index < -0.39 is 0 Å². The predicted octanol–water partition coefficient (Wildman–Crippen LogP) is 4.07. The third-order valence-corrected chi connectivity index (χ3v) is 3.45. The van der Waals surface area contributed by atoms with Gasteiger partial charge in [-0.25, -0.2) is 0 Å². The third-order valence-electron chi connectivity index (χ3n) is 3.45. The molecule has 0 radical (unpaired) electrons. The van der Waals surface area contributed by atoms with Gasteiger partial charge in [0.15, 0.2) is 0 Å². The van der Waals surface area contributed by atoms with Gasteiger partial charge in [0.2, 0.25) is 0 Å². The Labute approximate surface area is 104 Å². The van der Waals surface area contributed by atoms with Crippen LogP contribution in [0, 0.1) is 0 Å². The van der Waals surface area contributed by atoms with Crippen LogP contribution in [0.5, 0.6) is 0 Å². The second-order valence-corrected chi connectivity index (χ2v) is 4.64. The average Bonchev–Trinajstić information content (AvgIpc) is 2.40. The van der Waals surface area contributed by atoms with Crippen molar-refractivity contribution in [1.29, 1.82) is 0 Å². The molecule has 17 heavy (non-hydrogen) atoms. The number of benzene rings is 2. The van der Waals surface area contributed by atoms with E-state index in [1.165, 1.54) is 35.6 Å². The molecule has 0 aliphatic rings. The van der Waals surface area contributed by atoms with Gasteiger partial charge in [-0.1, -0.05) is 62.2 Å². The maximum absolute atomic E-state index is 5.94. The molecule has 0 saturated carbocycles. The van der Waals surface area contributed by atoms with E-state index in [0.29, 0.717) is 5.92 Å². The predicted molar refractivity (Wildman–Crippen MR) is 75.3 cm³/mol. The quantitative estimate of drug-likeness (QED) is 0.818. The molecule has 2 aromatic rings. The van der Waals surface area contributed by atoms with E-state index in [4.69, 9.17) is 5.73 Å². The van der Waals surface area contributed by atoms with Crippen molar-refractivity contribution in [3.63, 3.8) is 0 Å². The minimum absolute atomic E-state index is 0.501. The molecule has 2 N–H and O–H groups in total. The minimum Gasteiger partial charge on any atom is -0.330 e. The molecule has 90 valence electrons. The van der Waals surface area contributed by atoms with E-state index in [1.807, 2.05) is 0 Å². The molecule has 1 atom stereocenters. The summed E-state index contributed by atoms with van der Waals surface area (Å²) in [6.07, 6.45) is 3.69. The fraction of sp³-hybridized carbons (Fsp3) is 0.375. The van der Waals surface area contributed by atoms with Gasteiger partial charge in [0.1, 0.15) is 0 Å². The molecule has 2 aromatic carbocycles. The van der Waals surface area contributed by atoms with Crippen LogP contribution >= 0.6 is 0 Å². The minimum atomic E-state index is 0.501. The highest BCUT2D eigenvalue weighted by atomic mass is 14.5. The molecule has 0 heterocycles. The van der Waals surface area contributed by atoms with Crippen LogP contribution in [0.1, 0.15) is 37.7 Å². The van der Waals surface area contributed by atoms with Gasteiger partial charge in [-0.15, -0.1) is 0 Å². The van der Waals surface area contributed by atoms with Gasteiger partial charge < -0.3 is 5.73 Å². The van der Waals surface area contributed by atoms with Gasteiger partial charge in [0, 0.05) is 0 Å². The first-order valence-corrected chi connectivity index (χ1v) is 6.54. The van der Waals surface area contributed by atoms with Gasteiger partial charge in [-0.2, -0.15) is 0 Å².